The Morgan fingerprint density at radius 3 is 2.54 bits per heavy atom. The van der Waals surface area contributed by atoms with E-state index in [9.17, 15) is 0 Å². The van der Waals surface area contributed by atoms with Gasteiger partial charge < -0.3 is 4.42 Å². The molecular weight excluding hydrogens is 322 g/mol. The molecule has 0 bridgehead atoms. The molecule has 0 fully saturated rings. The summed E-state index contributed by atoms with van der Waals surface area (Å²) in [5.74, 6) is 1.39. The molecule has 0 N–H and O–H groups in total. The van der Waals surface area contributed by atoms with E-state index in [-0.39, 0.29) is 0 Å². The van der Waals surface area contributed by atoms with Gasteiger partial charge in [0.2, 0.25) is 0 Å². The maximum atomic E-state index is 5.51. The van der Waals surface area contributed by atoms with Crippen molar-refractivity contribution in [2.24, 2.45) is 15.0 Å². The fourth-order valence-electron chi connectivity index (χ4n) is 2.44. The molecule has 0 aliphatic heterocycles. The summed E-state index contributed by atoms with van der Waals surface area (Å²) < 4.78 is 5.51. The highest BCUT2D eigenvalue weighted by Crippen LogP contribution is 2.26. The lowest BCUT2D eigenvalue weighted by atomic mass is 10.0. The quantitative estimate of drug-likeness (QED) is 0.637. The molecule has 1 aliphatic rings. The fourth-order valence-corrected chi connectivity index (χ4v) is 2.44. The lowest BCUT2D eigenvalue weighted by Gasteiger charge is -2.09. The van der Waals surface area contributed by atoms with Gasteiger partial charge in [-0.05, 0) is 79.4 Å². The molecule has 1 aliphatic carbocycles. The van der Waals surface area contributed by atoms with Crippen LogP contribution < -0.4 is 0 Å². The van der Waals surface area contributed by atoms with Crippen LogP contribution in [0.1, 0.15) is 17.1 Å². The molecule has 4 nitrogen and oxygen atoms in total. The van der Waals surface area contributed by atoms with E-state index in [1.165, 1.54) is 0 Å². The van der Waals surface area contributed by atoms with Gasteiger partial charge in [-0.15, -0.1) is 0 Å². The molecule has 0 amide bonds. The standard InChI is InChI=1S/C22H19N3O/c1-5-19-8-9-20(26-19)14-24-18-7-11-22(16(3)13-18)25-21-10-6-17(23-4)12-15(21)2/h5-14H,1,3-4H2,2H3/b24-14?,25-22-. The van der Waals surface area contributed by atoms with Crippen molar-refractivity contribution in [2.75, 3.05) is 0 Å². The van der Waals surface area contributed by atoms with E-state index in [2.05, 4.69) is 34.9 Å². The van der Waals surface area contributed by atoms with Crippen LogP contribution in [0.15, 0.2) is 92.4 Å². The van der Waals surface area contributed by atoms with E-state index in [1.807, 2.05) is 55.5 Å². The van der Waals surface area contributed by atoms with Crippen LogP contribution in [-0.4, -0.2) is 18.6 Å². The average Bonchev–Trinajstić information content (AvgIpc) is 3.11. The van der Waals surface area contributed by atoms with E-state index in [4.69, 9.17) is 4.42 Å². The minimum Gasteiger partial charge on any atom is -0.456 e. The summed E-state index contributed by atoms with van der Waals surface area (Å²) >= 11 is 0. The van der Waals surface area contributed by atoms with Gasteiger partial charge in [0.05, 0.1) is 29.0 Å². The Morgan fingerprint density at radius 1 is 1.08 bits per heavy atom. The fraction of sp³-hybridized carbons (Fsp3) is 0.0455. The van der Waals surface area contributed by atoms with E-state index in [0.717, 1.165) is 33.9 Å². The van der Waals surface area contributed by atoms with Gasteiger partial charge in [-0.1, -0.05) is 13.2 Å². The van der Waals surface area contributed by atoms with Crippen molar-refractivity contribution in [3.05, 3.63) is 90.1 Å². The molecule has 128 valence electrons. The van der Waals surface area contributed by atoms with Crippen LogP contribution in [0.5, 0.6) is 0 Å². The molecule has 1 aromatic carbocycles. The van der Waals surface area contributed by atoms with Crippen molar-refractivity contribution in [1.82, 2.24) is 0 Å². The normalized spacial score (nSPS) is 15.5. The number of rotatable bonds is 5. The van der Waals surface area contributed by atoms with Crippen LogP contribution in [0.25, 0.3) is 6.08 Å². The maximum Gasteiger partial charge on any atom is 0.145 e. The molecule has 0 atom stereocenters. The third-order valence-electron chi connectivity index (χ3n) is 3.86. The van der Waals surface area contributed by atoms with Gasteiger partial charge in [-0.25, -0.2) is 4.99 Å². The van der Waals surface area contributed by atoms with Gasteiger partial charge in [0, 0.05) is 0 Å². The van der Waals surface area contributed by atoms with Crippen molar-refractivity contribution >= 4 is 36.1 Å². The first-order chi connectivity index (χ1) is 12.6. The van der Waals surface area contributed by atoms with Crippen molar-refractivity contribution in [3.63, 3.8) is 0 Å². The Bertz CT molecular complexity index is 1000. The molecule has 1 aromatic heterocycles. The Hall–Kier alpha value is -3.53. The van der Waals surface area contributed by atoms with Gasteiger partial charge in [0.25, 0.3) is 0 Å². The number of furan rings is 1. The largest absolute Gasteiger partial charge is 0.456 e. The summed E-state index contributed by atoms with van der Waals surface area (Å²) in [4.78, 5) is 13.0. The highest BCUT2D eigenvalue weighted by atomic mass is 16.3. The predicted molar refractivity (Wildman–Crippen MR) is 110 cm³/mol. The van der Waals surface area contributed by atoms with Crippen molar-refractivity contribution in [1.29, 1.82) is 0 Å². The number of hydrogen-bond acceptors (Lipinski definition) is 4. The molecule has 0 saturated carbocycles. The second-order valence-electron chi connectivity index (χ2n) is 5.76. The first-order valence-corrected chi connectivity index (χ1v) is 8.10. The molecule has 0 radical (unpaired) electrons. The van der Waals surface area contributed by atoms with Gasteiger partial charge >= 0.3 is 0 Å². The molecule has 0 unspecified atom stereocenters. The molecule has 26 heavy (non-hydrogen) atoms. The van der Waals surface area contributed by atoms with Crippen molar-refractivity contribution in [3.8, 4) is 0 Å². The van der Waals surface area contributed by atoms with Crippen molar-refractivity contribution < 1.29 is 4.42 Å². The Labute approximate surface area is 153 Å². The van der Waals surface area contributed by atoms with Crippen LogP contribution in [0.4, 0.5) is 11.4 Å². The van der Waals surface area contributed by atoms with Gasteiger partial charge in [-0.2, -0.15) is 0 Å². The zero-order valence-corrected chi connectivity index (χ0v) is 14.6. The number of benzene rings is 1. The van der Waals surface area contributed by atoms with Crippen LogP contribution in [0, 0.1) is 6.92 Å². The highest BCUT2D eigenvalue weighted by Gasteiger charge is 2.08. The second kappa shape index (κ2) is 7.57. The molecular formula is C22H19N3O. The number of hydrogen-bond donors (Lipinski definition) is 0. The Morgan fingerprint density at radius 2 is 1.88 bits per heavy atom. The van der Waals surface area contributed by atoms with E-state index in [0.29, 0.717) is 11.5 Å². The van der Waals surface area contributed by atoms with E-state index >= 15 is 0 Å². The number of aryl methyl sites for hydroxylation is 1. The van der Waals surface area contributed by atoms with E-state index in [1.54, 1.807) is 12.3 Å². The molecule has 0 spiro atoms. The highest BCUT2D eigenvalue weighted by molar-refractivity contribution is 6.12. The lowest BCUT2D eigenvalue weighted by Crippen LogP contribution is -2.01. The smallest absolute Gasteiger partial charge is 0.145 e. The Kier molecular flexibility index (Phi) is 5.04. The molecule has 4 heteroatoms. The average molecular weight is 341 g/mol. The number of allylic oxidation sites excluding steroid dienone is 4. The summed E-state index contributed by atoms with van der Waals surface area (Å²) in [7, 11) is 0. The van der Waals surface area contributed by atoms with E-state index < -0.39 is 0 Å². The van der Waals surface area contributed by atoms with Gasteiger partial charge in [-0.3, -0.25) is 9.98 Å². The summed E-state index contributed by atoms with van der Waals surface area (Å²) in [5, 5.41) is 0. The zero-order chi connectivity index (χ0) is 18.5. The topological polar surface area (TPSA) is 50.2 Å². The third-order valence-corrected chi connectivity index (χ3v) is 3.86. The first-order valence-electron chi connectivity index (χ1n) is 8.10. The first kappa shape index (κ1) is 17.3. The summed E-state index contributed by atoms with van der Waals surface area (Å²) in [6.45, 7) is 13.3. The monoisotopic (exact) mass is 341 g/mol. The third kappa shape index (κ3) is 3.92. The molecule has 1 heterocycles. The summed E-state index contributed by atoms with van der Waals surface area (Å²) in [6.07, 6.45) is 9.02. The zero-order valence-electron chi connectivity index (χ0n) is 14.6. The minimum absolute atomic E-state index is 0.672. The molecule has 2 aromatic rings. The van der Waals surface area contributed by atoms with Crippen molar-refractivity contribution in [2.45, 2.75) is 6.92 Å². The Balaban J connectivity index is 1.77. The van der Waals surface area contributed by atoms with Crippen LogP contribution in [0.3, 0.4) is 0 Å². The summed E-state index contributed by atoms with van der Waals surface area (Å²) in [5.41, 5.74) is 5.14. The number of nitrogens with zero attached hydrogens (tertiary/aromatic N) is 3. The van der Waals surface area contributed by atoms with Gasteiger partial charge in [0.15, 0.2) is 0 Å². The number of aliphatic imine (C=N–C) groups is 3. The predicted octanol–water partition coefficient (Wildman–Crippen LogP) is 5.76. The molecule has 0 saturated heterocycles. The molecule has 3 rings (SSSR count). The summed E-state index contributed by atoms with van der Waals surface area (Å²) in [6, 6.07) is 9.46. The van der Waals surface area contributed by atoms with Gasteiger partial charge in [0.1, 0.15) is 11.5 Å². The van der Waals surface area contributed by atoms with Crippen LogP contribution in [0.2, 0.25) is 0 Å². The second-order valence-corrected chi connectivity index (χ2v) is 5.76. The maximum absolute atomic E-state index is 5.51. The van der Waals surface area contributed by atoms with Crippen LogP contribution in [-0.2, 0) is 0 Å². The SMILES string of the molecule is C=Cc1ccc(C=NC2=CC(=C)/C(=N\c3ccc(N=C)cc3C)C=C2)o1. The minimum atomic E-state index is 0.672. The lowest BCUT2D eigenvalue weighted by molar-refractivity contribution is 0.550. The van der Waals surface area contributed by atoms with Crippen LogP contribution >= 0.6 is 0 Å².